The van der Waals surface area contributed by atoms with Crippen LogP contribution in [0.3, 0.4) is 0 Å². The highest BCUT2D eigenvalue weighted by Gasteiger charge is 2.17. The van der Waals surface area contributed by atoms with E-state index in [1.807, 2.05) is 48.3 Å². The minimum absolute atomic E-state index is 0.335. The number of aromatic nitrogens is 4. The largest absolute Gasteiger partial charge is 0.497 e. The van der Waals surface area contributed by atoms with Crippen molar-refractivity contribution in [2.45, 2.75) is 31.8 Å². The molecule has 4 rings (SSSR count). The van der Waals surface area contributed by atoms with Crippen molar-refractivity contribution in [1.29, 1.82) is 0 Å². The number of rotatable bonds is 7. The predicted molar refractivity (Wildman–Crippen MR) is 113 cm³/mol. The SMILES string of the molecule is COc1cccc(-c2cnc(NCCC3CCCCO3)nc2-c2nccn2C)c1. The molecule has 2 aromatic heterocycles. The molecule has 1 fully saturated rings. The molecule has 1 aliphatic heterocycles. The normalized spacial score (nSPS) is 16.6. The van der Waals surface area contributed by atoms with Crippen molar-refractivity contribution < 1.29 is 9.47 Å². The summed E-state index contributed by atoms with van der Waals surface area (Å²) in [5.41, 5.74) is 2.70. The van der Waals surface area contributed by atoms with Gasteiger partial charge in [-0.1, -0.05) is 12.1 Å². The van der Waals surface area contributed by atoms with Gasteiger partial charge in [0, 0.05) is 44.4 Å². The van der Waals surface area contributed by atoms with E-state index in [0.29, 0.717) is 12.1 Å². The molecule has 0 radical (unpaired) electrons. The Bertz CT molecular complexity index is 950. The van der Waals surface area contributed by atoms with Crippen molar-refractivity contribution in [3.05, 3.63) is 42.9 Å². The first kappa shape index (κ1) is 19.4. The minimum Gasteiger partial charge on any atom is -0.497 e. The number of ether oxygens (including phenoxy) is 2. The molecule has 1 aromatic carbocycles. The molecule has 3 aromatic rings. The summed E-state index contributed by atoms with van der Waals surface area (Å²) in [7, 11) is 3.63. The number of aryl methyl sites for hydroxylation is 1. The van der Waals surface area contributed by atoms with E-state index in [2.05, 4.69) is 15.3 Å². The summed E-state index contributed by atoms with van der Waals surface area (Å²) in [5, 5.41) is 3.35. The average Bonchev–Trinajstić information content (AvgIpc) is 3.20. The zero-order valence-corrected chi connectivity index (χ0v) is 17.0. The molecule has 1 atom stereocenters. The highest BCUT2D eigenvalue weighted by Crippen LogP contribution is 2.31. The first-order valence-electron chi connectivity index (χ1n) is 10.1. The minimum atomic E-state index is 0.335. The molecule has 0 bridgehead atoms. The van der Waals surface area contributed by atoms with Crippen LogP contribution in [0.15, 0.2) is 42.9 Å². The number of nitrogens with one attached hydrogen (secondary N) is 1. The van der Waals surface area contributed by atoms with Crippen LogP contribution in [-0.4, -0.2) is 45.9 Å². The van der Waals surface area contributed by atoms with Crippen LogP contribution in [0.25, 0.3) is 22.6 Å². The van der Waals surface area contributed by atoms with Crippen molar-refractivity contribution in [1.82, 2.24) is 19.5 Å². The summed E-state index contributed by atoms with van der Waals surface area (Å²) in [6, 6.07) is 7.90. The Balaban J connectivity index is 1.59. The Morgan fingerprint density at radius 3 is 2.97 bits per heavy atom. The molecule has 1 N–H and O–H groups in total. The Hall–Kier alpha value is -2.93. The Kier molecular flexibility index (Phi) is 6.05. The summed E-state index contributed by atoms with van der Waals surface area (Å²) in [6.07, 6.45) is 10.4. The van der Waals surface area contributed by atoms with Crippen LogP contribution in [0.5, 0.6) is 5.75 Å². The van der Waals surface area contributed by atoms with Crippen LogP contribution in [-0.2, 0) is 11.8 Å². The highest BCUT2D eigenvalue weighted by molar-refractivity contribution is 5.78. The van der Waals surface area contributed by atoms with Crippen molar-refractivity contribution in [3.8, 4) is 28.4 Å². The second-order valence-electron chi connectivity index (χ2n) is 7.25. The van der Waals surface area contributed by atoms with Gasteiger partial charge in [-0.15, -0.1) is 0 Å². The van der Waals surface area contributed by atoms with E-state index in [4.69, 9.17) is 14.5 Å². The summed E-state index contributed by atoms with van der Waals surface area (Å²) in [6.45, 7) is 1.66. The zero-order chi connectivity index (χ0) is 20.1. The number of anilines is 1. The number of nitrogens with zero attached hydrogens (tertiary/aromatic N) is 4. The number of benzene rings is 1. The lowest BCUT2D eigenvalue weighted by molar-refractivity contribution is 0.0134. The van der Waals surface area contributed by atoms with Crippen molar-refractivity contribution in [2.75, 3.05) is 25.6 Å². The number of hydrogen-bond acceptors (Lipinski definition) is 6. The molecule has 0 aliphatic carbocycles. The number of imidazole rings is 1. The lowest BCUT2D eigenvalue weighted by Crippen LogP contribution is -2.22. The van der Waals surface area contributed by atoms with Gasteiger partial charge in [-0.25, -0.2) is 15.0 Å². The second-order valence-corrected chi connectivity index (χ2v) is 7.25. The third kappa shape index (κ3) is 4.56. The first-order chi connectivity index (χ1) is 14.2. The fourth-order valence-electron chi connectivity index (χ4n) is 3.61. The highest BCUT2D eigenvalue weighted by atomic mass is 16.5. The predicted octanol–water partition coefficient (Wildman–Crippen LogP) is 3.92. The average molecular weight is 393 g/mol. The van der Waals surface area contributed by atoms with Crippen molar-refractivity contribution in [2.24, 2.45) is 7.05 Å². The van der Waals surface area contributed by atoms with Gasteiger partial charge in [-0.2, -0.15) is 0 Å². The van der Waals surface area contributed by atoms with E-state index in [1.165, 1.54) is 12.8 Å². The van der Waals surface area contributed by atoms with Gasteiger partial charge in [-0.3, -0.25) is 0 Å². The molecule has 1 aliphatic rings. The maximum absolute atomic E-state index is 5.81. The quantitative estimate of drug-likeness (QED) is 0.656. The molecule has 0 spiro atoms. The van der Waals surface area contributed by atoms with Crippen molar-refractivity contribution in [3.63, 3.8) is 0 Å². The molecular weight excluding hydrogens is 366 g/mol. The molecule has 7 nitrogen and oxygen atoms in total. The molecule has 1 unspecified atom stereocenters. The van der Waals surface area contributed by atoms with Crippen LogP contribution in [0.1, 0.15) is 25.7 Å². The van der Waals surface area contributed by atoms with Gasteiger partial charge in [0.15, 0.2) is 5.82 Å². The zero-order valence-electron chi connectivity index (χ0n) is 17.0. The molecule has 3 heterocycles. The first-order valence-corrected chi connectivity index (χ1v) is 10.1. The van der Waals surface area contributed by atoms with Gasteiger partial charge in [-0.05, 0) is 43.4 Å². The number of methoxy groups -OCH3 is 1. The van der Waals surface area contributed by atoms with Crippen LogP contribution in [0, 0.1) is 0 Å². The molecular formula is C22H27N5O2. The van der Waals surface area contributed by atoms with Crippen LogP contribution in [0.2, 0.25) is 0 Å². The van der Waals surface area contributed by atoms with Crippen LogP contribution >= 0.6 is 0 Å². The standard InChI is InChI=1S/C22H27N5O2/c1-27-12-11-23-21(27)20-19(16-6-5-8-18(14-16)28-2)15-25-22(26-20)24-10-9-17-7-3-4-13-29-17/h5-6,8,11-12,14-15,17H,3-4,7,9-10,13H2,1-2H3,(H,24,25,26). The van der Waals surface area contributed by atoms with Gasteiger partial charge in [0.2, 0.25) is 5.95 Å². The summed E-state index contributed by atoms with van der Waals surface area (Å²) < 4.78 is 13.2. The van der Waals surface area contributed by atoms with Crippen LogP contribution in [0.4, 0.5) is 5.95 Å². The maximum atomic E-state index is 5.81. The van der Waals surface area contributed by atoms with Crippen LogP contribution < -0.4 is 10.1 Å². The Labute approximate surface area is 171 Å². The van der Waals surface area contributed by atoms with Gasteiger partial charge >= 0.3 is 0 Å². The van der Waals surface area contributed by atoms with Gasteiger partial charge in [0.25, 0.3) is 0 Å². The molecule has 7 heteroatoms. The lowest BCUT2D eigenvalue weighted by atomic mass is 10.0. The van der Waals surface area contributed by atoms with E-state index in [0.717, 1.165) is 54.4 Å². The van der Waals surface area contributed by atoms with E-state index in [9.17, 15) is 0 Å². The fraction of sp³-hybridized carbons (Fsp3) is 0.409. The molecule has 29 heavy (non-hydrogen) atoms. The summed E-state index contributed by atoms with van der Waals surface area (Å²) >= 11 is 0. The Morgan fingerprint density at radius 2 is 2.21 bits per heavy atom. The Morgan fingerprint density at radius 1 is 1.28 bits per heavy atom. The maximum Gasteiger partial charge on any atom is 0.223 e. The summed E-state index contributed by atoms with van der Waals surface area (Å²) in [5.74, 6) is 2.19. The molecule has 0 saturated carbocycles. The molecule has 1 saturated heterocycles. The summed E-state index contributed by atoms with van der Waals surface area (Å²) in [4.78, 5) is 13.9. The van der Waals surface area contributed by atoms with Gasteiger partial charge in [0.05, 0.1) is 13.2 Å². The lowest BCUT2D eigenvalue weighted by Gasteiger charge is -2.22. The van der Waals surface area contributed by atoms with Gasteiger partial charge < -0.3 is 19.4 Å². The van der Waals surface area contributed by atoms with E-state index >= 15 is 0 Å². The van der Waals surface area contributed by atoms with Crippen molar-refractivity contribution >= 4 is 5.95 Å². The second kappa shape index (κ2) is 9.05. The number of hydrogen-bond donors (Lipinski definition) is 1. The smallest absolute Gasteiger partial charge is 0.223 e. The van der Waals surface area contributed by atoms with Gasteiger partial charge in [0.1, 0.15) is 11.4 Å². The molecule has 152 valence electrons. The topological polar surface area (TPSA) is 74.1 Å². The molecule has 0 amide bonds. The fourth-order valence-corrected chi connectivity index (χ4v) is 3.61. The third-order valence-electron chi connectivity index (χ3n) is 5.23. The monoisotopic (exact) mass is 393 g/mol. The van der Waals surface area contributed by atoms with E-state index in [-0.39, 0.29) is 0 Å². The van der Waals surface area contributed by atoms with E-state index < -0.39 is 0 Å². The van der Waals surface area contributed by atoms with E-state index in [1.54, 1.807) is 13.3 Å². The third-order valence-corrected chi connectivity index (χ3v) is 5.23.